The smallest absolute Gasteiger partial charge is 0.205 e. The molecule has 0 aromatic carbocycles. The largest absolute Gasteiger partial charge is 0.393 e. The van der Waals surface area contributed by atoms with E-state index >= 15 is 0 Å². The van der Waals surface area contributed by atoms with Crippen molar-refractivity contribution in [3.8, 4) is 0 Å². The summed E-state index contributed by atoms with van der Waals surface area (Å²) in [5.41, 5.74) is -2.25. The zero-order valence-electron chi connectivity index (χ0n) is 19.3. The molecule has 6 nitrogen and oxygen atoms in total. The van der Waals surface area contributed by atoms with Crippen molar-refractivity contribution in [2.75, 3.05) is 0 Å². The highest BCUT2D eigenvalue weighted by atomic mass is 16.3. The Kier molecular flexibility index (Phi) is 5.18. The number of ketones is 4. The van der Waals surface area contributed by atoms with Crippen LogP contribution in [0.3, 0.4) is 0 Å². The third kappa shape index (κ3) is 2.97. The second-order valence-electron chi connectivity index (χ2n) is 11.9. The average molecular weight is 433 g/mol. The molecule has 0 aromatic rings. The molecule has 4 rings (SSSR count). The summed E-state index contributed by atoms with van der Waals surface area (Å²) in [5, 5.41) is 23.0. The number of hydrogen-bond acceptors (Lipinski definition) is 6. The number of hydrogen-bond donors (Lipinski definition) is 2. The van der Waals surface area contributed by atoms with Gasteiger partial charge in [-0.25, -0.2) is 0 Å². The van der Waals surface area contributed by atoms with Gasteiger partial charge in [-0.05, 0) is 68.6 Å². The normalized spacial score (nSPS) is 48.2. The van der Waals surface area contributed by atoms with E-state index in [4.69, 9.17) is 0 Å². The van der Waals surface area contributed by atoms with E-state index in [1.165, 1.54) is 6.92 Å². The van der Waals surface area contributed by atoms with Gasteiger partial charge in [0.25, 0.3) is 0 Å². The number of fused-ring (bicyclic) bond motifs is 3. The van der Waals surface area contributed by atoms with Crippen LogP contribution in [0.4, 0.5) is 0 Å². The molecule has 4 saturated carbocycles. The van der Waals surface area contributed by atoms with Gasteiger partial charge in [-0.1, -0.05) is 20.8 Å². The van der Waals surface area contributed by atoms with E-state index in [1.807, 2.05) is 6.92 Å². The lowest BCUT2D eigenvalue weighted by molar-refractivity contribution is -0.259. The van der Waals surface area contributed by atoms with Crippen LogP contribution in [0.1, 0.15) is 73.1 Å². The van der Waals surface area contributed by atoms with Gasteiger partial charge in [0.1, 0.15) is 11.6 Å². The fraction of sp³-hybridized carbons (Fsp3) is 0.840. The van der Waals surface area contributed by atoms with Crippen LogP contribution in [0.5, 0.6) is 0 Å². The van der Waals surface area contributed by atoms with Gasteiger partial charge >= 0.3 is 0 Å². The maximum atomic E-state index is 13.3. The molecule has 2 N–H and O–H groups in total. The Hall–Kier alpha value is -1.40. The van der Waals surface area contributed by atoms with Gasteiger partial charge in [0, 0.05) is 29.6 Å². The number of rotatable bonds is 4. The van der Waals surface area contributed by atoms with Crippen LogP contribution in [0, 0.1) is 45.8 Å². The molecular formula is C25H36O6. The highest BCUT2D eigenvalue weighted by molar-refractivity contribution is 6.42. The predicted octanol–water partition coefficient (Wildman–Crippen LogP) is 2.52. The van der Waals surface area contributed by atoms with Gasteiger partial charge < -0.3 is 19.8 Å². The van der Waals surface area contributed by atoms with Crippen molar-refractivity contribution < 1.29 is 29.4 Å². The molecule has 0 amide bonds. The van der Waals surface area contributed by atoms with Crippen LogP contribution >= 0.6 is 0 Å². The Morgan fingerprint density at radius 3 is 2.13 bits per heavy atom. The number of carbonyl (C=O) groups is 4. The first-order chi connectivity index (χ1) is 14.3. The second-order valence-corrected chi connectivity index (χ2v) is 11.9. The molecule has 4 aliphatic carbocycles. The van der Waals surface area contributed by atoms with Crippen molar-refractivity contribution in [2.45, 2.75) is 85.4 Å². The van der Waals surface area contributed by atoms with E-state index in [0.717, 1.165) is 0 Å². The summed E-state index contributed by atoms with van der Waals surface area (Å²) in [6.07, 6.45) is 0.495. The molecule has 0 heterocycles. The van der Waals surface area contributed by atoms with Crippen molar-refractivity contribution in [2.24, 2.45) is 45.8 Å². The van der Waals surface area contributed by atoms with Crippen molar-refractivity contribution >= 4 is 23.1 Å². The van der Waals surface area contributed by atoms with Crippen molar-refractivity contribution in [1.29, 1.82) is 0 Å². The number of carbonyl (C=O) groups excluding carboxylic acids is 4. The Bertz CT molecular complexity index is 845. The van der Waals surface area contributed by atoms with E-state index in [9.17, 15) is 29.4 Å². The molecule has 2 bridgehead atoms. The number of aliphatic hydroxyl groups is 2. The molecule has 0 saturated heterocycles. The van der Waals surface area contributed by atoms with Crippen LogP contribution in [-0.4, -0.2) is 45.6 Å². The average Bonchev–Trinajstić information content (AvgIpc) is 2.79. The predicted molar refractivity (Wildman–Crippen MR) is 113 cm³/mol. The lowest BCUT2D eigenvalue weighted by Crippen LogP contribution is -2.70. The SMILES string of the molecule is CC(=O)C[C@H]1C[C@@H]2C[C@@]3(C[C@H](O)[C@@H]4C(C)(C)[C@@H](CC(C)=O)C[C@H](O)[C@@]4(C)[C@H]13)C(=O)C2=O. The first-order valence-electron chi connectivity index (χ1n) is 11.7. The molecule has 0 radical (unpaired) electrons. The minimum atomic E-state index is -0.991. The summed E-state index contributed by atoms with van der Waals surface area (Å²) >= 11 is 0. The van der Waals surface area contributed by atoms with Crippen molar-refractivity contribution in [3.05, 3.63) is 0 Å². The number of aliphatic hydroxyl groups excluding tert-OH is 2. The molecule has 1 spiro atoms. The topological polar surface area (TPSA) is 109 Å². The maximum absolute atomic E-state index is 13.3. The van der Waals surface area contributed by atoms with Gasteiger partial charge in [-0.3, -0.25) is 9.59 Å². The molecule has 6 heteroatoms. The summed E-state index contributed by atoms with van der Waals surface area (Å²) in [7, 11) is 0. The van der Waals surface area contributed by atoms with E-state index < -0.39 is 34.2 Å². The monoisotopic (exact) mass is 432 g/mol. The van der Waals surface area contributed by atoms with Crippen LogP contribution in [0.15, 0.2) is 0 Å². The summed E-state index contributed by atoms with van der Waals surface area (Å²) in [6.45, 7) is 9.17. The third-order valence-corrected chi connectivity index (χ3v) is 9.77. The maximum Gasteiger partial charge on any atom is 0.205 e. The minimum absolute atomic E-state index is 0.0200. The van der Waals surface area contributed by atoms with Gasteiger partial charge in [0.05, 0.1) is 12.2 Å². The fourth-order valence-electron chi connectivity index (χ4n) is 9.03. The minimum Gasteiger partial charge on any atom is -0.393 e. The molecule has 0 aromatic heterocycles. The standard InChI is InChI=1S/C25H36O6/c1-12(26)6-14-8-15-10-25(22(31)19(15)30)11-17(28)21-23(3,4)16(7-13(2)27)9-18(29)24(21,5)20(14)25/h14-18,20-21,28-29H,6-11H2,1-5H3/t14-,15+,16-,17-,18-,20-,21+,24-,25-/m0/s1. The van der Waals surface area contributed by atoms with Gasteiger partial charge in [0.2, 0.25) is 11.6 Å². The lowest BCUT2D eigenvalue weighted by Gasteiger charge is -2.68. The zero-order chi connectivity index (χ0) is 23.1. The van der Waals surface area contributed by atoms with Crippen molar-refractivity contribution in [3.63, 3.8) is 0 Å². The highest BCUT2D eigenvalue weighted by Gasteiger charge is 2.74. The summed E-state index contributed by atoms with van der Waals surface area (Å²) in [4.78, 5) is 50.3. The summed E-state index contributed by atoms with van der Waals surface area (Å²) < 4.78 is 0. The zero-order valence-corrected chi connectivity index (χ0v) is 19.3. The Morgan fingerprint density at radius 2 is 1.55 bits per heavy atom. The van der Waals surface area contributed by atoms with E-state index in [0.29, 0.717) is 25.7 Å². The Morgan fingerprint density at radius 1 is 0.935 bits per heavy atom. The van der Waals surface area contributed by atoms with Crippen LogP contribution < -0.4 is 0 Å². The Labute approximate surface area is 184 Å². The molecular weight excluding hydrogens is 396 g/mol. The first-order valence-corrected chi connectivity index (χ1v) is 11.7. The third-order valence-electron chi connectivity index (χ3n) is 9.77. The molecule has 0 aliphatic heterocycles. The molecule has 9 atom stereocenters. The summed E-state index contributed by atoms with van der Waals surface area (Å²) in [6, 6.07) is 0. The van der Waals surface area contributed by atoms with Gasteiger partial charge in [-0.2, -0.15) is 0 Å². The number of Topliss-reactive ketones (excluding diaryl/α,β-unsaturated/α-hetero) is 4. The van der Waals surface area contributed by atoms with Gasteiger partial charge in [-0.15, -0.1) is 0 Å². The second kappa shape index (κ2) is 7.05. The van der Waals surface area contributed by atoms with Gasteiger partial charge in [0.15, 0.2) is 0 Å². The quantitative estimate of drug-likeness (QED) is 0.661. The van der Waals surface area contributed by atoms with Crippen molar-refractivity contribution in [1.82, 2.24) is 0 Å². The molecule has 31 heavy (non-hydrogen) atoms. The lowest BCUT2D eigenvalue weighted by atomic mass is 9.36. The van der Waals surface area contributed by atoms with E-state index in [2.05, 4.69) is 13.8 Å². The summed E-state index contributed by atoms with van der Waals surface area (Å²) in [5.74, 6) is -1.97. The van der Waals surface area contributed by atoms with E-state index in [-0.39, 0.29) is 59.8 Å². The molecule has 4 fully saturated rings. The fourth-order valence-corrected chi connectivity index (χ4v) is 9.03. The van der Waals surface area contributed by atoms with Crippen LogP contribution in [-0.2, 0) is 19.2 Å². The Balaban J connectivity index is 1.87. The first kappa shape index (κ1) is 22.8. The van der Waals surface area contributed by atoms with Crippen LogP contribution in [0.2, 0.25) is 0 Å². The molecule has 172 valence electrons. The molecule has 0 unspecified atom stereocenters. The molecule has 4 aliphatic rings. The highest BCUT2D eigenvalue weighted by Crippen LogP contribution is 2.72. The van der Waals surface area contributed by atoms with Crippen LogP contribution in [0.25, 0.3) is 0 Å². The van der Waals surface area contributed by atoms with E-state index in [1.54, 1.807) is 6.92 Å².